The Balaban J connectivity index is 2.38. The second-order valence-electron chi connectivity index (χ2n) is 3.50. The molecule has 1 aromatic carbocycles. The summed E-state index contributed by atoms with van der Waals surface area (Å²) >= 11 is 3.30. The van der Waals surface area contributed by atoms with E-state index < -0.39 is 11.9 Å². The zero-order chi connectivity index (χ0) is 12.4. The van der Waals surface area contributed by atoms with Crippen molar-refractivity contribution < 1.29 is 13.5 Å². The maximum Gasteiger partial charge on any atom is 0.139 e. The van der Waals surface area contributed by atoms with Crippen LogP contribution in [0, 0.1) is 5.82 Å². The minimum Gasteiger partial charge on any atom is -0.497 e. The molecule has 17 heavy (non-hydrogen) atoms. The van der Waals surface area contributed by atoms with Crippen LogP contribution in [0.1, 0.15) is 17.4 Å². The van der Waals surface area contributed by atoms with E-state index in [9.17, 15) is 4.39 Å². The molecule has 1 heterocycles. The Hall–Kier alpha value is -1.33. The van der Waals surface area contributed by atoms with E-state index in [0.717, 1.165) is 4.47 Å². The molecule has 5 heteroatoms. The van der Waals surface area contributed by atoms with Gasteiger partial charge in [0.25, 0.3) is 0 Å². The number of hydrogen-bond donors (Lipinski definition) is 1. The Kier molecular flexibility index (Phi) is 3.49. The molecule has 0 spiro atoms. The molecule has 0 amide bonds. The van der Waals surface area contributed by atoms with Crippen molar-refractivity contribution in [3.63, 3.8) is 0 Å². The van der Waals surface area contributed by atoms with Crippen molar-refractivity contribution in [2.75, 3.05) is 7.11 Å². The second-order valence-corrected chi connectivity index (χ2v) is 4.35. The van der Waals surface area contributed by atoms with Gasteiger partial charge in [0.05, 0.1) is 23.9 Å². The first-order valence-corrected chi connectivity index (χ1v) is 5.74. The first-order valence-electron chi connectivity index (χ1n) is 4.95. The third-order valence-corrected chi connectivity index (χ3v) is 3.13. The van der Waals surface area contributed by atoms with Gasteiger partial charge in [0.1, 0.15) is 17.3 Å². The molecule has 0 radical (unpaired) electrons. The smallest absolute Gasteiger partial charge is 0.139 e. The number of nitrogens with two attached hydrogens (primary N) is 1. The number of halogens is 2. The van der Waals surface area contributed by atoms with Gasteiger partial charge in [0.15, 0.2) is 0 Å². The van der Waals surface area contributed by atoms with Gasteiger partial charge in [-0.3, -0.25) is 0 Å². The molecule has 2 rings (SSSR count). The summed E-state index contributed by atoms with van der Waals surface area (Å²) in [6, 6.07) is 5.62. The van der Waals surface area contributed by atoms with Gasteiger partial charge < -0.3 is 14.9 Å². The van der Waals surface area contributed by atoms with E-state index in [-0.39, 0.29) is 0 Å². The number of rotatable bonds is 3. The lowest BCUT2D eigenvalue weighted by Gasteiger charge is -2.12. The molecule has 2 aromatic rings. The molecular weight excluding hydrogens is 289 g/mol. The van der Waals surface area contributed by atoms with Gasteiger partial charge in [0, 0.05) is 11.6 Å². The summed E-state index contributed by atoms with van der Waals surface area (Å²) in [7, 11) is 1.48. The van der Waals surface area contributed by atoms with Crippen molar-refractivity contribution in [2.45, 2.75) is 6.04 Å². The minimum absolute atomic E-state index is 0.362. The molecule has 0 saturated heterocycles. The normalized spacial score (nSPS) is 12.5. The highest BCUT2D eigenvalue weighted by atomic mass is 79.9. The van der Waals surface area contributed by atoms with Crippen LogP contribution in [-0.4, -0.2) is 7.11 Å². The van der Waals surface area contributed by atoms with Crippen LogP contribution >= 0.6 is 15.9 Å². The fourth-order valence-electron chi connectivity index (χ4n) is 1.56. The SMILES string of the molecule is COc1ccc(C(N)c2occc2Br)c(F)c1. The number of furan rings is 1. The largest absolute Gasteiger partial charge is 0.497 e. The van der Waals surface area contributed by atoms with Crippen LogP contribution in [0.4, 0.5) is 4.39 Å². The highest BCUT2D eigenvalue weighted by Crippen LogP contribution is 2.30. The van der Waals surface area contributed by atoms with Crippen LogP contribution in [0.25, 0.3) is 0 Å². The molecule has 1 unspecified atom stereocenters. The number of ether oxygens (including phenoxy) is 1. The first kappa shape index (κ1) is 12.1. The van der Waals surface area contributed by atoms with Crippen LogP contribution in [0.3, 0.4) is 0 Å². The summed E-state index contributed by atoms with van der Waals surface area (Å²) in [6.07, 6.45) is 1.50. The number of hydrogen-bond acceptors (Lipinski definition) is 3. The molecule has 0 aliphatic carbocycles. The van der Waals surface area contributed by atoms with Gasteiger partial charge in [-0.05, 0) is 28.1 Å². The Morgan fingerprint density at radius 2 is 2.18 bits per heavy atom. The summed E-state index contributed by atoms with van der Waals surface area (Å²) in [4.78, 5) is 0. The summed E-state index contributed by atoms with van der Waals surface area (Å²) in [5.74, 6) is 0.533. The Bertz CT molecular complexity index is 527. The van der Waals surface area contributed by atoms with E-state index >= 15 is 0 Å². The van der Waals surface area contributed by atoms with Crippen LogP contribution in [-0.2, 0) is 0 Å². The topological polar surface area (TPSA) is 48.4 Å². The second kappa shape index (κ2) is 4.89. The van der Waals surface area contributed by atoms with E-state index in [0.29, 0.717) is 17.1 Å². The molecule has 2 N–H and O–H groups in total. The molecule has 0 bridgehead atoms. The summed E-state index contributed by atoms with van der Waals surface area (Å²) in [6.45, 7) is 0. The van der Waals surface area contributed by atoms with E-state index in [1.807, 2.05) is 0 Å². The average Bonchev–Trinajstić information content (AvgIpc) is 2.74. The lowest BCUT2D eigenvalue weighted by atomic mass is 10.0. The van der Waals surface area contributed by atoms with Crippen LogP contribution in [0.5, 0.6) is 5.75 Å². The number of methoxy groups -OCH3 is 1. The van der Waals surface area contributed by atoms with E-state index in [4.69, 9.17) is 14.9 Å². The lowest BCUT2D eigenvalue weighted by molar-refractivity contribution is 0.409. The fraction of sp³-hybridized carbons (Fsp3) is 0.167. The van der Waals surface area contributed by atoms with Crippen molar-refractivity contribution in [2.24, 2.45) is 5.73 Å². The minimum atomic E-state index is -0.648. The first-order chi connectivity index (χ1) is 8.13. The predicted octanol–water partition coefficient (Wildman–Crippen LogP) is 3.24. The third-order valence-electron chi connectivity index (χ3n) is 2.47. The molecule has 0 aliphatic rings. The molecule has 1 aromatic heterocycles. The zero-order valence-electron chi connectivity index (χ0n) is 9.11. The molecule has 90 valence electrons. The Labute approximate surface area is 106 Å². The molecule has 3 nitrogen and oxygen atoms in total. The zero-order valence-corrected chi connectivity index (χ0v) is 10.7. The van der Waals surface area contributed by atoms with Crippen molar-refractivity contribution in [3.8, 4) is 5.75 Å². The van der Waals surface area contributed by atoms with Gasteiger partial charge in [-0.1, -0.05) is 6.07 Å². The van der Waals surface area contributed by atoms with Gasteiger partial charge in [-0.2, -0.15) is 0 Å². The molecule has 1 atom stereocenters. The van der Waals surface area contributed by atoms with Crippen LogP contribution < -0.4 is 10.5 Å². The fourth-order valence-corrected chi connectivity index (χ4v) is 2.00. The Morgan fingerprint density at radius 3 is 2.71 bits per heavy atom. The van der Waals surface area contributed by atoms with Crippen molar-refractivity contribution in [3.05, 3.63) is 52.1 Å². The van der Waals surface area contributed by atoms with Crippen LogP contribution in [0.2, 0.25) is 0 Å². The van der Waals surface area contributed by atoms with Gasteiger partial charge >= 0.3 is 0 Å². The molecule has 0 aliphatic heterocycles. The maximum absolute atomic E-state index is 13.8. The van der Waals surface area contributed by atoms with E-state index in [1.54, 1.807) is 18.2 Å². The quantitative estimate of drug-likeness (QED) is 0.946. The summed E-state index contributed by atoms with van der Waals surface area (Å²) in [5.41, 5.74) is 6.31. The highest BCUT2D eigenvalue weighted by molar-refractivity contribution is 9.10. The third kappa shape index (κ3) is 2.35. The molecular formula is C12H11BrFNO2. The standard InChI is InChI=1S/C12H11BrFNO2/c1-16-7-2-3-8(10(14)6-7)11(15)12-9(13)4-5-17-12/h2-6,11H,15H2,1H3. The van der Waals surface area contributed by atoms with Gasteiger partial charge in [0.2, 0.25) is 0 Å². The predicted molar refractivity (Wildman–Crippen MR) is 65.4 cm³/mol. The van der Waals surface area contributed by atoms with Crippen LogP contribution in [0.15, 0.2) is 39.4 Å². The molecule has 0 fully saturated rings. The van der Waals surface area contributed by atoms with Crippen molar-refractivity contribution in [1.29, 1.82) is 0 Å². The van der Waals surface area contributed by atoms with Crippen molar-refractivity contribution >= 4 is 15.9 Å². The number of benzene rings is 1. The summed E-state index contributed by atoms with van der Waals surface area (Å²) in [5, 5.41) is 0. The van der Waals surface area contributed by atoms with E-state index in [2.05, 4.69) is 15.9 Å². The highest BCUT2D eigenvalue weighted by Gasteiger charge is 2.19. The van der Waals surface area contributed by atoms with Gasteiger partial charge in [-0.15, -0.1) is 0 Å². The Morgan fingerprint density at radius 1 is 1.41 bits per heavy atom. The average molecular weight is 300 g/mol. The van der Waals surface area contributed by atoms with E-state index in [1.165, 1.54) is 19.4 Å². The van der Waals surface area contributed by atoms with Gasteiger partial charge in [-0.25, -0.2) is 4.39 Å². The molecule has 0 saturated carbocycles. The monoisotopic (exact) mass is 299 g/mol. The maximum atomic E-state index is 13.8. The lowest BCUT2D eigenvalue weighted by Crippen LogP contribution is -2.13. The summed E-state index contributed by atoms with van der Waals surface area (Å²) < 4.78 is 24.7. The van der Waals surface area contributed by atoms with Crippen molar-refractivity contribution in [1.82, 2.24) is 0 Å².